The first-order valence-electron chi connectivity index (χ1n) is 2.21. The fourth-order valence-electron chi connectivity index (χ4n) is 0.161. The van der Waals surface area contributed by atoms with Crippen molar-refractivity contribution in [3.63, 3.8) is 0 Å². The van der Waals surface area contributed by atoms with E-state index in [9.17, 15) is 9.13 Å². The van der Waals surface area contributed by atoms with E-state index >= 15 is 0 Å². The Bertz CT molecular complexity index is 220. The van der Waals surface area contributed by atoms with Gasteiger partial charge in [-0.15, -0.1) is 0 Å². The van der Waals surface area contributed by atoms with Crippen LogP contribution in [-0.2, 0) is 17.6 Å². The molecule has 0 fully saturated rings. The molecule has 0 bridgehead atoms. The van der Waals surface area contributed by atoms with Gasteiger partial charge in [0.05, 0.1) is 5.55 Å². The average Bonchev–Trinajstić information content (AvgIpc) is 1.76. The molecule has 0 aliphatic rings. The van der Waals surface area contributed by atoms with E-state index in [1.54, 1.807) is 0 Å². The highest BCUT2D eigenvalue weighted by Gasteiger charge is 2.13. The minimum absolute atomic E-state index is 0.430. The molecule has 0 aromatic rings. The number of phosphoric acid groups is 2. The Kier molecular flexibility index (Phi) is 4.78. The number of thiol groups is 1. The quantitative estimate of drug-likeness (QED) is 0.248. The second-order valence-electron chi connectivity index (χ2n) is 1.38. The summed E-state index contributed by atoms with van der Waals surface area (Å²) in [6, 6.07) is 0. The molecule has 0 amide bonds. The van der Waals surface area contributed by atoms with E-state index in [0.717, 1.165) is 0 Å². The molecule has 0 saturated heterocycles. The maximum Gasteiger partial charge on any atom is 0.480 e. The van der Waals surface area contributed by atoms with Gasteiger partial charge in [-0.25, -0.2) is 17.6 Å². The second-order valence-corrected chi connectivity index (χ2v) is 4.63. The van der Waals surface area contributed by atoms with Gasteiger partial charge in [-0.3, -0.25) is 0 Å². The number of rotatable bonds is 4. The van der Waals surface area contributed by atoms with E-state index < -0.39 is 27.3 Å². The molecule has 0 aliphatic carbocycles. The van der Waals surface area contributed by atoms with Gasteiger partial charge in [0.15, 0.2) is 0 Å². The number of hydrogen-bond donors (Lipinski definition) is 5. The van der Waals surface area contributed by atoms with E-state index in [1.165, 1.54) is 0 Å². The summed E-state index contributed by atoms with van der Waals surface area (Å²) >= 11 is -0.480. The molecular formula is CH6O8P2S. The highest BCUT2D eigenvalue weighted by atomic mass is 32.2. The summed E-state index contributed by atoms with van der Waals surface area (Å²) in [7, 11) is -9.27. The van der Waals surface area contributed by atoms with E-state index in [4.69, 9.17) is 19.6 Å². The summed E-state index contributed by atoms with van der Waals surface area (Å²) in [5, 5.41) is 0. The summed E-state index contributed by atoms with van der Waals surface area (Å²) in [6.45, 7) is 0. The monoisotopic (exact) mass is 240 g/mol. The lowest BCUT2D eigenvalue weighted by atomic mass is 11.7. The molecule has 0 atom stereocenters. The van der Waals surface area contributed by atoms with Gasteiger partial charge in [-0.2, -0.15) is 0 Å². The fourth-order valence-corrected chi connectivity index (χ4v) is 1.45. The molecule has 0 aliphatic heterocycles. The van der Waals surface area contributed by atoms with Crippen molar-refractivity contribution in [2.45, 2.75) is 0 Å². The lowest BCUT2D eigenvalue weighted by Crippen LogP contribution is -1.83. The predicted molar refractivity (Wildman–Crippen MR) is 41.3 cm³/mol. The van der Waals surface area contributed by atoms with Crippen LogP contribution in [0.2, 0.25) is 0 Å². The maximum absolute atomic E-state index is 9.95. The van der Waals surface area contributed by atoms with Crippen LogP contribution in [0.1, 0.15) is 0 Å². The van der Waals surface area contributed by atoms with Crippen molar-refractivity contribution < 1.29 is 37.2 Å². The molecule has 0 spiro atoms. The second kappa shape index (κ2) is 4.61. The first-order chi connectivity index (χ1) is 5.21. The van der Waals surface area contributed by atoms with E-state index in [2.05, 4.69) is 8.49 Å². The van der Waals surface area contributed by atoms with Gasteiger partial charge in [-0.05, 0) is 11.6 Å². The van der Waals surface area contributed by atoms with E-state index in [-0.39, 0.29) is 0 Å². The molecule has 12 heavy (non-hydrogen) atoms. The third-order valence-corrected chi connectivity index (χ3v) is 2.35. The zero-order valence-corrected chi connectivity index (χ0v) is 8.02. The molecule has 0 saturated carbocycles. The van der Waals surface area contributed by atoms with E-state index in [0.29, 0.717) is 5.55 Å². The Morgan fingerprint density at radius 2 is 1.58 bits per heavy atom. The van der Waals surface area contributed by atoms with Crippen LogP contribution in [0.25, 0.3) is 0 Å². The van der Waals surface area contributed by atoms with Crippen LogP contribution in [0.15, 0.2) is 0 Å². The van der Waals surface area contributed by atoms with Crippen molar-refractivity contribution in [3.8, 4) is 0 Å². The van der Waals surface area contributed by atoms with Gasteiger partial charge in [0.1, 0.15) is 0 Å². The molecule has 0 rings (SSSR count). The predicted octanol–water partition coefficient (Wildman–Crippen LogP) is -0.655. The molecular weight excluding hydrogens is 234 g/mol. The van der Waals surface area contributed by atoms with Gasteiger partial charge in [0, 0.05) is 0 Å². The molecule has 4 N–H and O–H groups in total. The van der Waals surface area contributed by atoms with Gasteiger partial charge in [0.2, 0.25) is 0 Å². The summed E-state index contributed by atoms with van der Waals surface area (Å²) in [6.07, 6.45) is 0. The fraction of sp³-hybridized carbons (Fsp3) is 0. The number of hydrogen-bond acceptors (Lipinski definition) is 4. The minimum atomic E-state index is -4.64. The molecule has 0 heterocycles. The minimum Gasteiger partial charge on any atom is -0.302 e. The molecule has 8 nitrogen and oxygen atoms in total. The maximum atomic E-state index is 9.95. The summed E-state index contributed by atoms with van der Waals surface area (Å²) in [5.74, 6) is 0. The Balaban J connectivity index is 3.81. The Morgan fingerprint density at radius 3 is 1.92 bits per heavy atom. The third kappa shape index (κ3) is 10.4. The lowest BCUT2D eigenvalue weighted by molar-refractivity contribution is 0.283. The Morgan fingerprint density at radius 1 is 1.08 bits per heavy atom. The van der Waals surface area contributed by atoms with Gasteiger partial charge < -0.3 is 19.6 Å². The molecule has 0 unspecified atom stereocenters. The van der Waals surface area contributed by atoms with Crippen molar-refractivity contribution in [1.82, 2.24) is 0 Å². The third-order valence-electron chi connectivity index (χ3n) is 0.381. The Labute approximate surface area is 70.8 Å². The van der Waals surface area contributed by atoms with Crippen LogP contribution in [-0.4, -0.2) is 25.1 Å². The molecule has 11 heteroatoms. The lowest BCUT2D eigenvalue weighted by Gasteiger charge is -1.99. The summed E-state index contributed by atoms with van der Waals surface area (Å²) in [4.78, 5) is 32.2. The molecule has 74 valence electrons. The smallest absolute Gasteiger partial charge is 0.302 e. The average molecular weight is 240 g/mol. The van der Waals surface area contributed by atoms with Gasteiger partial charge in [-0.1, -0.05) is 0 Å². The van der Waals surface area contributed by atoms with Crippen LogP contribution in [0, 0.1) is 0 Å². The van der Waals surface area contributed by atoms with Crippen LogP contribution in [0.4, 0.5) is 0 Å². The zero-order chi connectivity index (χ0) is 9.83. The largest absolute Gasteiger partial charge is 0.480 e. The first-order valence-corrected chi connectivity index (χ1v) is 6.15. The summed E-state index contributed by atoms with van der Waals surface area (Å²) in [5.41, 5.74) is 0.430. The normalized spacial score (nSPS) is 14.7. The van der Waals surface area contributed by atoms with Gasteiger partial charge in [0.25, 0.3) is 0 Å². The zero-order valence-electron chi connectivity index (χ0n) is 5.34. The molecule has 0 aromatic heterocycles. The summed E-state index contributed by atoms with van der Waals surface area (Å²) < 4.78 is 27.3. The van der Waals surface area contributed by atoms with Crippen molar-refractivity contribution in [3.05, 3.63) is 0 Å². The van der Waals surface area contributed by atoms with Gasteiger partial charge >= 0.3 is 15.6 Å². The van der Waals surface area contributed by atoms with Crippen LogP contribution in [0.5, 0.6) is 0 Å². The first kappa shape index (κ1) is 12.4. The standard InChI is InChI=1S/CH6O8P2S/c2-10(3,4)8-1-12-9-11(5,6)7/h1,12H,(H2,2,3,4)(H2,5,6,7). The van der Waals surface area contributed by atoms with Crippen molar-refractivity contribution in [2.24, 2.45) is 0 Å². The van der Waals surface area contributed by atoms with Crippen LogP contribution < -0.4 is 0 Å². The van der Waals surface area contributed by atoms with Crippen molar-refractivity contribution in [1.29, 1.82) is 0 Å². The highest BCUT2D eigenvalue weighted by Crippen LogP contribution is 2.39. The molecule has 0 aromatic carbocycles. The SMILES string of the molecule is O=P(O)(O)OC=[SH]OP(=O)(O)O. The van der Waals surface area contributed by atoms with Crippen molar-refractivity contribution in [2.75, 3.05) is 0 Å². The molecule has 0 radical (unpaired) electrons. The van der Waals surface area contributed by atoms with Crippen LogP contribution in [0.3, 0.4) is 0 Å². The number of phosphoric ester groups is 1. The van der Waals surface area contributed by atoms with Crippen molar-refractivity contribution >= 4 is 32.8 Å². The topological polar surface area (TPSA) is 134 Å². The van der Waals surface area contributed by atoms with E-state index in [1.807, 2.05) is 0 Å². The Hall–Kier alpha value is 0.440. The highest BCUT2D eigenvalue weighted by molar-refractivity contribution is 7.96. The van der Waals surface area contributed by atoms with Crippen LogP contribution >= 0.6 is 27.3 Å².